The first-order chi connectivity index (χ1) is 16.5. The van der Waals surface area contributed by atoms with Crippen molar-refractivity contribution >= 4 is 7.60 Å². The van der Waals surface area contributed by atoms with Crippen molar-refractivity contribution in [2.45, 2.75) is 134 Å². The van der Waals surface area contributed by atoms with E-state index in [-0.39, 0.29) is 13.0 Å². The van der Waals surface area contributed by atoms with Crippen LogP contribution in [0.25, 0.3) is 0 Å². The molecule has 6 heteroatoms. The zero-order valence-corrected chi connectivity index (χ0v) is 24.5. The van der Waals surface area contributed by atoms with Gasteiger partial charge >= 0.3 is 7.60 Å². The Labute approximate surface area is 217 Å². The minimum atomic E-state index is -4.58. The monoisotopic (exact) mass is 516 g/mol. The molecule has 208 valence electrons. The standard InChI is InChI=1S/C29H58NO4P/c1-5-6-7-8-9-10-11-12-13-14-15-16-17-18-19-20-21-22-23-24-25-26-27-29(31,35(32,33)34)28-30(2,3)4/h10-11,24-25,31H,5-9,12-23,26-28H2,1-4H3,(H-,32,33,34)/p+1/b11-10-,25-24-. The third-order valence-electron chi connectivity index (χ3n) is 6.53. The van der Waals surface area contributed by atoms with E-state index >= 15 is 0 Å². The Morgan fingerprint density at radius 1 is 0.629 bits per heavy atom. The largest absolute Gasteiger partial charge is 0.373 e. The summed E-state index contributed by atoms with van der Waals surface area (Å²) < 4.78 is 12.1. The third kappa shape index (κ3) is 21.4. The predicted molar refractivity (Wildman–Crippen MR) is 152 cm³/mol. The summed E-state index contributed by atoms with van der Waals surface area (Å²) in [4.78, 5) is 19.2. The van der Waals surface area contributed by atoms with Gasteiger partial charge in [-0.1, -0.05) is 102 Å². The summed E-state index contributed by atoms with van der Waals surface area (Å²) in [5.74, 6) is 0. The number of quaternary nitrogens is 1. The zero-order chi connectivity index (χ0) is 26.5. The Bertz CT molecular complexity index is 594. The van der Waals surface area contributed by atoms with E-state index in [1.165, 1.54) is 96.3 Å². The highest BCUT2D eigenvalue weighted by molar-refractivity contribution is 7.53. The van der Waals surface area contributed by atoms with Gasteiger partial charge in [0, 0.05) is 0 Å². The van der Waals surface area contributed by atoms with E-state index in [2.05, 4.69) is 25.2 Å². The van der Waals surface area contributed by atoms with Crippen molar-refractivity contribution in [3.05, 3.63) is 24.3 Å². The van der Waals surface area contributed by atoms with E-state index in [1.54, 1.807) is 0 Å². The number of likely N-dealkylation sites (N-methyl/N-ethyl adjacent to an activating group) is 1. The minimum Gasteiger partial charge on any atom is -0.373 e. The normalized spacial score (nSPS) is 14.8. The maximum Gasteiger partial charge on any atom is 0.362 e. The molecule has 0 rings (SSSR count). The van der Waals surface area contributed by atoms with Crippen LogP contribution < -0.4 is 0 Å². The molecule has 0 aromatic carbocycles. The lowest BCUT2D eigenvalue weighted by Crippen LogP contribution is -2.49. The molecule has 0 aliphatic carbocycles. The molecular formula is C29H59NO4P+. The lowest BCUT2D eigenvalue weighted by Gasteiger charge is -2.35. The number of nitrogens with zero attached hydrogens (tertiary/aromatic N) is 1. The topological polar surface area (TPSA) is 77.8 Å². The van der Waals surface area contributed by atoms with E-state index in [0.29, 0.717) is 10.9 Å². The molecule has 1 unspecified atom stereocenters. The molecule has 0 spiro atoms. The summed E-state index contributed by atoms with van der Waals surface area (Å²) in [7, 11) is 0.901. The van der Waals surface area contributed by atoms with Crippen LogP contribution in [0.15, 0.2) is 24.3 Å². The van der Waals surface area contributed by atoms with Crippen LogP contribution in [0.5, 0.6) is 0 Å². The summed E-state index contributed by atoms with van der Waals surface area (Å²) in [6.45, 7) is 2.29. The van der Waals surface area contributed by atoms with E-state index in [0.717, 1.165) is 12.8 Å². The van der Waals surface area contributed by atoms with Crippen molar-refractivity contribution in [1.82, 2.24) is 0 Å². The zero-order valence-electron chi connectivity index (χ0n) is 23.6. The van der Waals surface area contributed by atoms with Crippen LogP contribution in [0.4, 0.5) is 0 Å². The second kappa shape index (κ2) is 20.6. The summed E-state index contributed by atoms with van der Waals surface area (Å²) in [6, 6.07) is 0. The van der Waals surface area contributed by atoms with Crippen LogP contribution in [-0.4, -0.2) is 52.4 Å². The van der Waals surface area contributed by atoms with Crippen LogP contribution in [-0.2, 0) is 4.57 Å². The van der Waals surface area contributed by atoms with Crippen LogP contribution in [0.1, 0.15) is 129 Å². The molecule has 0 amide bonds. The van der Waals surface area contributed by atoms with Gasteiger partial charge in [-0.2, -0.15) is 0 Å². The third-order valence-corrected chi connectivity index (χ3v) is 7.98. The van der Waals surface area contributed by atoms with E-state index in [1.807, 2.05) is 27.2 Å². The quantitative estimate of drug-likeness (QED) is 0.0524. The van der Waals surface area contributed by atoms with Gasteiger partial charge in [0.2, 0.25) is 5.34 Å². The Kier molecular flexibility index (Phi) is 20.3. The number of allylic oxidation sites excluding steroid dienone is 4. The van der Waals surface area contributed by atoms with Gasteiger partial charge in [0.1, 0.15) is 6.54 Å². The second-order valence-electron chi connectivity index (χ2n) is 11.4. The van der Waals surface area contributed by atoms with E-state index in [4.69, 9.17) is 0 Å². The van der Waals surface area contributed by atoms with Gasteiger partial charge in [0.25, 0.3) is 0 Å². The van der Waals surface area contributed by atoms with Crippen LogP contribution in [0.3, 0.4) is 0 Å². The average molecular weight is 517 g/mol. The number of unbranched alkanes of at least 4 members (excludes halogenated alkanes) is 15. The molecule has 0 bridgehead atoms. The predicted octanol–water partition coefficient (Wildman–Crippen LogP) is 8.10. The van der Waals surface area contributed by atoms with Crippen molar-refractivity contribution in [3.8, 4) is 0 Å². The molecule has 1 atom stereocenters. The van der Waals surface area contributed by atoms with Crippen molar-refractivity contribution in [3.63, 3.8) is 0 Å². The Balaban J connectivity index is 3.58. The Hall–Kier alpha value is -0.450. The number of rotatable bonds is 24. The summed E-state index contributed by atoms with van der Waals surface area (Å²) >= 11 is 0. The van der Waals surface area contributed by atoms with Gasteiger partial charge in [-0.3, -0.25) is 4.57 Å². The maximum absolute atomic E-state index is 11.8. The SMILES string of the molecule is CCCCCC/C=C\CCCCCCCCCCCC/C=C\CCC(O)(C[N+](C)(C)C)P(=O)(O)O. The fourth-order valence-electron chi connectivity index (χ4n) is 4.49. The average Bonchev–Trinajstić information content (AvgIpc) is 2.75. The van der Waals surface area contributed by atoms with Gasteiger partial charge in [0.05, 0.1) is 21.1 Å². The van der Waals surface area contributed by atoms with Gasteiger partial charge in [-0.05, 0) is 51.4 Å². The van der Waals surface area contributed by atoms with Crippen LogP contribution in [0.2, 0.25) is 0 Å². The van der Waals surface area contributed by atoms with Gasteiger partial charge < -0.3 is 19.4 Å². The lowest BCUT2D eigenvalue weighted by molar-refractivity contribution is -0.875. The highest BCUT2D eigenvalue weighted by atomic mass is 31.2. The van der Waals surface area contributed by atoms with Crippen LogP contribution >= 0.6 is 7.60 Å². The highest BCUT2D eigenvalue weighted by Crippen LogP contribution is 2.52. The molecule has 0 aromatic heterocycles. The fraction of sp³-hybridized carbons (Fsp3) is 0.862. The van der Waals surface area contributed by atoms with Crippen molar-refractivity contribution in [2.75, 3.05) is 27.7 Å². The van der Waals surface area contributed by atoms with Gasteiger partial charge in [-0.25, -0.2) is 0 Å². The molecule has 0 aliphatic heterocycles. The van der Waals surface area contributed by atoms with Crippen LogP contribution in [0, 0.1) is 0 Å². The molecule has 35 heavy (non-hydrogen) atoms. The molecule has 0 aliphatic rings. The fourth-order valence-corrected chi connectivity index (χ4v) is 5.52. The highest BCUT2D eigenvalue weighted by Gasteiger charge is 2.48. The van der Waals surface area contributed by atoms with Gasteiger partial charge in [-0.15, -0.1) is 0 Å². The van der Waals surface area contributed by atoms with Crippen molar-refractivity contribution in [2.24, 2.45) is 0 Å². The molecule has 0 saturated carbocycles. The lowest BCUT2D eigenvalue weighted by atomic mass is 10.0. The molecule has 0 saturated heterocycles. The molecule has 0 heterocycles. The number of hydrogen-bond acceptors (Lipinski definition) is 2. The van der Waals surface area contributed by atoms with Crippen molar-refractivity contribution < 1.29 is 23.9 Å². The first kappa shape index (κ1) is 34.6. The Morgan fingerprint density at radius 2 is 0.971 bits per heavy atom. The number of aliphatic hydroxyl groups is 1. The van der Waals surface area contributed by atoms with E-state index in [9.17, 15) is 19.5 Å². The van der Waals surface area contributed by atoms with Gasteiger partial charge in [0.15, 0.2) is 0 Å². The van der Waals surface area contributed by atoms with Crippen molar-refractivity contribution in [1.29, 1.82) is 0 Å². The minimum absolute atomic E-state index is 0.0295. The molecule has 3 N–H and O–H groups in total. The summed E-state index contributed by atoms with van der Waals surface area (Å²) in [5, 5.41) is 8.58. The number of hydrogen-bond donors (Lipinski definition) is 3. The first-order valence-electron chi connectivity index (χ1n) is 14.4. The molecule has 0 aromatic rings. The molecular weight excluding hydrogens is 457 g/mol. The smallest absolute Gasteiger partial charge is 0.362 e. The second-order valence-corrected chi connectivity index (χ2v) is 13.3. The first-order valence-corrected chi connectivity index (χ1v) is 16.0. The molecule has 0 radical (unpaired) electrons. The summed E-state index contributed by atoms with van der Waals surface area (Å²) in [5.41, 5.74) is 0. The Morgan fingerprint density at radius 3 is 1.31 bits per heavy atom. The molecule has 0 fully saturated rings. The summed E-state index contributed by atoms with van der Waals surface area (Å²) in [6.07, 6.45) is 31.5. The van der Waals surface area contributed by atoms with E-state index < -0.39 is 12.9 Å². The molecule has 5 nitrogen and oxygen atoms in total. The maximum atomic E-state index is 11.8.